The minimum Gasteiger partial charge on any atom is -0.409 e. The number of carbonyl (C=O) groups excluding carboxylic acids is 1. The van der Waals surface area contributed by atoms with Crippen molar-refractivity contribution in [2.75, 3.05) is 18.5 Å². The van der Waals surface area contributed by atoms with Crippen LogP contribution in [0.2, 0.25) is 0 Å². The van der Waals surface area contributed by atoms with Crippen molar-refractivity contribution in [3.8, 4) is 0 Å². The lowest BCUT2D eigenvalue weighted by atomic mass is 10.1. The molecule has 0 aliphatic rings. The zero-order chi connectivity index (χ0) is 14.3. The molecule has 0 radical (unpaired) electrons. The molecule has 0 aliphatic carbocycles. The number of rotatable bonds is 6. The lowest BCUT2D eigenvalue weighted by Gasteiger charge is -2.12. The highest BCUT2D eigenvalue weighted by Crippen LogP contribution is 2.19. The van der Waals surface area contributed by atoms with Crippen molar-refractivity contribution in [3.63, 3.8) is 0 Å². The number of anilines is 1. The molecule has 0 unspecified atom stereocenters. The van der Waals surface area contributed by atoms with Crippen molar-refractivity contribution in [2.24, 2.45) is 10.9 Å². The van der Waals surface area contributed by atoms with Gasteiger partial charge in [0, 0.05) is 12.2 Å². The Labute approximate surface area is 112 Å². The van der Waals surface area contributed by atoms with Crippen LogP contribution in [0.25, 0.3) is 0 Å². The molecular weight excluding hydrogens is 246 g/mol. The summed E-state index contributed by atoms with van der Waals surface area (Å²) in [5, 5.41) is 14.5. The van der Waals surface area contributed by atoms with Gasteiger partial charge in [0.15, 0.2) is 5.84 Å². The van der Waals surface area contributed by atoms with Gasteiger partial charge in [0.05, 0.1) is 18.7 Å². The maximum Gasteiger partial charge on any atom is 0.226 e. The zero-order valence-electron chi connectivity index (χ0n) is 11.1. The van der Waals surface area contributed by atoms with Gasteiger partial charge in [0.25, 0.3) is 0 Å². The Hall–Kier alpha value is -2.08. The summed E-state index contributed by atoms with van der Waals surface area (Å²) >= 11 is 0. The molecule has 1 aromatic rings. The van der Waals surface area contributed by atoms with Gasteiger partial charge >= 0.3 is 0 Å². The van der Waals surface area contributed by atoms with Crippen molar-refractivity contribution in [1.29, 1.82) is 0 Å². The monoisotopic (exact) mass is 265 g/mol. The molecule has 0 spiro atoms. The second-order valence-electron chi connectivity index (χ2n) is 3.98. The summed E-state index contributed by atoms with van der Waals surface area (Å²) in [5.41, 5.74) is 7.48. The zero-order valence-corrected chi connectivity index (χ0v) is 11.1. The number of hydrogen-bond acceptors (Lipinski definition) is 4. The number of benzene rings is 1. The first-order valence-electron chi connectivity index (χ1n) is 6.05. The molecule has 0 aliphatic heterocycles. The molecule has 1 rings (SSSR count). The fraction of sp³-hybridized carbons (Fsp3) is 0.385. The van der Waals surface area contributed by atoms with E-state index in [1.165, 1.54) is 0 Å². The number of aryl methyl sites for hydroxylation is 1. The maximum absolute atomic E-state index is 11.7. The van der Waals surface area contributed by atoms with Crippen LogP contribution in [-0.2, 0) is 9.53 Å². The number of ether oxygens (including phenoxy) is 1. The van der Waals surface area contributed by atoms with Gasteiger partial charge in [0.1, 0.15) is 0 Å². The van der Waals surface area contributed by atoms with E-state index in [4.69, 9.17) is 15.7 Å². The second-order valence-corrected chi connectivity index (χ2v) is 3.98. The number of nitrogens with one attached hydrogen (secondary N) is 1. The first kappa shape index (κ1) is 15.0. The van der Waals surface area contributed by atoms with Crippen LogP contribution in [0.4, 0.5) is 5.69 Å². The topological polar surface area (TPSA) is 96.9 Å². The lowest BCUT2D eigenvalue weighted by molar-refractivity contribution is -0.117. The Morgan fingerprint density at radius 1 is 1.53 bits per heavy atom. The van der Waals surface area contributed by atoms with Crippen LogP contribution in [0, 0.1) is 6.92 Å². The van der Waals surface area contributed by atoms with E-state index in [0.717, 1.165) is 5.56 Å². The summed E-state index contributed by atoms with van der Waals surface area (Å²) < 4.78 is 5.12. The van der Waals surface area contributed by atoms with Crippen molar-refractivity contribution < 1.29 is 14.7 Å². The van der Waals surface area contributed by atoms with Crippen molar-refractivity contribution in [1.82, 2.24) is 0 Å². The van der Waals surface area contributed by atoms with Crippen molar-refractivity contribution in [3.05, 3.63) is 29.3 Å². The van der Waals surface area contributed by atoms with E-state index in [2.05, 4.69) is 10.5 Å². The highest BCUT2D eigenvalue weighted by molar-refractivity contribution is 6.06. The van der Waals surface area contributed by atoms with Gasteiger partial charge in [-0.15, -0.1) is 0 Å². The molecule has 0 heterocycles. The van der Waals surface area contributed by atoms with Crippen molar-refractivity contribution in [2.45, 2.75) is 20.3 Å². The van der Waals surface area contributed by atoms with E-state index in [1.807, 2.05) is 19.9 Å². The Balaban J connectivity index is 2.83. The number of oxime groups is 1. The predicted octanol–water partition coefficient (Wildman–Crippen LogP) is 1.45. The average molecular weight is 265 g/mol. The fourth-order valence-electron chi connectivity index (χ4n) is 1.68. The summed E-state index contributed by atoms with van der Waals surface area (Å²) in [6, 6.07) is 5.32. The summed E-state index contributed by atoms with van der Waals surface area (Å²) in [4.78, 5) is 11.7. The summed E-state index contributed by atoms with van der Waals surface area (Å²) in [7, 11) is 0. The third-order valence-corrected chi connectivity index (χ3v) is 2.59. The molecule has 6 nitrogen and oxygen atoms in total. The Bertz CT molecular complexity index is 472. The van der Waals surface area contributed by atoms with E-state index in [1.54, 1.807) is 12.1 Å². The van der Waals surface area contributed by atoms with E-state index < -0.39 is 0 Å². The van der Waals surface area contributed by atoms with Gasteiger partial charge in [-0.2, -0.15) is 0 Å². The number of amides is 1. The molecule has 0 bridgehead atoms. The van der Waals surface area contributed by atoms with Crippen LogP contribution in [0.5, 0.6) is 0 Å². The molecular formula is C13H19N3O3. The summed E-state index contributed by atoms with van der Waals surface area (Å²) in [6.45, 7) is 4.64. The SMILES string of the molecule is CCOCCC(=O)Nc1cccc(C)c1/C(N)=N/O. The minimum absolute atomic E-state index is 0.0294. The molecule has 6 heteroatoms. The van der Waals surface area contributed by atoms with Crippen LogP contribution in [0.1, 0.15) is 24.5 Å². The summed E-state index contributed by atoms with van der Waals surface area (Å²) in [5.74, 6) is -0.204. The molecule has 0 saturated heterocycles. The Kier molecular flexibility index (Phi) is 5.81. The average Bonchev–Trinajstić information content (AvgIpc) is 2.38. The van der Waals surface area contributed by atoms with E-state index in [-0.39, 0.29) is 18.2 Å². The first-order chi connectivity index (χ1) is 9.10. The molecule has 0 fully saturated rings. The van der Waals surface area contributed by atoms with E-state index >= 15 is 0 Å². The van der Waals surface area contributed by atoms with E-state index in [0.29, 0.717) is 24.5 Å². The summed E-state index contributed by atoms with van der Waals surface area (Å²) in [6.07, 6.45) is 0.261. The van der Waals surface area contributed by atoms with Crippen LogP contribution in [0.3, 0.4) is 0 Å². The van der Waals surface area contributed by atoms with Crippen molar-refractivity contribution >= 4 is 17.4 Å². The van der Waals surface area contributed by atoms with Gasteiger partial charge in [0.2, 0.25) is 5.91 Å². The molecule has 0 saturated carbocycles. The number of nitrogens with two attached hydrogens (primary N) is 1. The first-order valence-corrected chi connectivity index (χ1v) is 6.05. The highest BCUT2D eigenvalue weighted by Gasteiger charge is 2.12. The lowest BCUT2D eigenvalue weighted by Crippen LogP contribution is -2.21. The largest absolute Gasteiger partial charge is 0.409 e. The number of nitrogens with zero attached hydrogens (tertiary/aromatic N) is 1. The molecule has 104 valence electrons. The third-order valence-electron chi connectivity index (χ3n) is 2.59. The van der Waals surface area contributed by atoms with Gasteiger partial charge in [-0.3, -0.25) is 4.79 Å². The third kappa shape index (κ3) is 4.26. The van der Waals surface area contributed by atoms with E-state index in [9.17, 15) is 4.79 Å². The highest BCUT2D eigenvalue weighted by atomic mass is 16.5. The quantitative estimate of drug-likeness (QED) is 0.238. The number of carbonyl (C=O) groups is 1. The van der Waals surface area contributed by atoms with Gasteiger partial charge in [-0.05, 0) is 25.5 Å². The van der Waals surface area contributed by atoms with Gasteiger partial charge in [-0.25, -0.2) is 0 Å². The van der Waals surface area contributed by atoms with Crippen LogP contribution >= 0.6 is 0 Å². The molecule has 1 aromatic carbocycles. The minimum atomic E-state index is -0.175. The molecule has 1 amide bonds. The smallest absolute Gasteiger partial charge is 0.226 e. The molecule has 4 N–H and O–H groups in total. The van der Waals surface area contributed by atoms with Crippen LogP contribution in [-0.4, -0.2) is 30.2 Å². The van der Waals surface area contributed by atoms with Gasteiger partial charge in [-0.1, -0.05) is 17.3 Å². The number of hydrogen-bond donors (Lipinski definition) is 3. The molecule has 0 aromatic heterocycles. The standard InChI is InChI=1S/C13H19N3O3/c1-3-19-8-7-11(17)15-10-6-4-5-9(2)12(10)13(14)16-18/h4-6,18H,3,7-8H2,1-2H3,(H2,14,16)(H,15,17). The van der Waals surface area contributed by atoms with Crippen LogP contribution < -0.4 is 11.1 Å². The Morgan fingerprint density at radius 2 is 2.26 bits per heavy atom. The Morgan fingerprint density at radius 3 is 2.89 bits per heavy atom. The normalized spacial score (nSPS) is 11.4. The second kappa shape index (κ2) is 7.38. The fourth-order valence-corrected chi connectivity index (χ4v) is 1.68. The molecule has 0 atom stereocenters. The van der Waals surface area contributed by atoms with Gasteiger partial charge < -0.3 is 21.0 Å². The van der Waals surface area contributed by atoms with Crippen LogP contribution in [0.15, 0.2) is 23.4 Å². The maximum atomic E-state index is 11.7. The predicted molar refractivity (Wildman–Crippen MR) is 73.4 cm³/mol. The molecule has 19 heavy (non-hydrogen) atoms. The number of amidine groups is 1.